The minimum absolute atomic E-state index is 0.136. The molecule has 1 spiro atoms. The van der Waals surface area contributed by atoms with E-state index in [1.165, 1.54) is 0 Å². The number of hydrogen-bond acceptors (Lipinski definition) is 4. The highest BCUT2D eigenvalue weighted by atomic mass is 16.2. The van der Waals surface area contributed by atoms with Gasteiger partial charge >= 0.3 is 6.03 Å². The minimum Gasteiger partial charge on any atom is -0.341 e. The number of imide groups is 1. The Labute approximate surface area is 155 Å². The summed E-state index contributed by atoms with van der Waals surface area (Å²) in [6.45, 7) is 7.70. The fraction of sp³-hybridized carbons (Fsp3) is 0.842. The molecule has 0 aromatic heterocycles. The summed E-state index contributed by atoms with van der Waals surface area (Å²) < 4.78 is 0. The summed E-state index contributed by atoms with van der Waals surface area (Å²) in [5, 5.41) is 2.90. The molecule has 1 saturated carbocycles. The Morgan fingerprint density at radius 2 is 1.73 bits per heavy atom. The lowest BCUT2D eigenvalue weighted by molar-refractivity contribution is -0.140. The standard InChI is InChI=1S/C19H32N4O3/c1-18(2,3)13-4-8-19(9-5-13)16(25)23(17(26)21-19)12-15(24)22-10-6-14(20)7-11-22/h13-14H,4-12,20H2,1-3H3,(H,21,26). The summed E-state index contributed by atoms with van der Waals surface area (Å²) >= 11 is 0. The first kappa shape index (κ1) is 19.1. The molecule has 3 aliphatic rings. The van der Waals surface area contributed by atoms with E-state index in [1.54, 1.807) is 4.90 Å². The maximum absolute atomic E-state index is 13.0. The van der Waals surface area contributed by atoms with Gasteiger partial charge in [0.2, 0.25) is 5.91 Å². The van der Waals surface area contributed by atoms with Crippen LogP contribution >= 0.6 is 0 Å². The van der Waals surface area contributed by atoms with Crippen LogP contribution in [0, 0.1) is 11.3 Å². The van der Waals surface area contributed by atoms with Gasteiger partial charge < -0.3 is 16.0 Å². The summed E-state index contributed by atoms with van der Waals surface area (Å²) in [7, 11) is 0. The van der Waals surface area contributed by atoms with Crippen molar-refractivity contribution in [3.63, 3.8) is 0 Å². The summed E-state index contributed by atoms with van der Waals surface area (Å²) in [5.74, 6) is 0.156. The topological polar surface area (TPSA) is 95.7 Å². The molecule has 4 amide bonds. The lowest BCUT2D eigenvalue weighted by Crippen LogP contribution is -2.51. The van der Waals surface area contributed by atoms with Crippen molar-refractivity contribution in [2.45, 2.75) is 70.9 Å². The molecular formula is C19H32N4O3. The molecule has 0 aromatic carbocycles. The zero-order valence-corrected chi connectivity index (χ0v) is 16.2. The average molecular weight is 364 g/mol. The van der Waals surface area contributed by atoms with Gasteiger partial charge in [-0.25, -0.2) is 4.79 Å². The summed E-state index contributed by atoms with van der Waals surface area (Å²) in [4.78, 5) is 40.7. The van der Waals surface area contributed by atoms with Crippen molar-refractivity contribution in [1.82, 2.24) is 15.1 Å². The maximum atomic E-state index is 13.0. The highest BCUT2D eigenvalue weighted by Crippen LogP contribution is 2.43. The first-order valence-electron chi connectivity index (χ1n) is 9.80. The number of carbonyl (C=O) groups is 3. The largest absolute Gasteiger partial charge is 0.341 e. The first-order valence-corrected chi connectivity index (χ1v) is 9.80. The molecule has 0 radical (unpaired) electrons. The van der Waals surface area contributed by atoms with Gasteiger partial charge in [0.15, 0.2) is 0 Å². The Hall–Kier alpha value is -1.63. The van der Waals surface area contributed by atoms with Crippen LogP contribution in [0.2, 0.25) is 0 Å². The number of nitrogens with two attached hydrogens (primary N) is 1. The van der Waals surface area contributed by atoms with Crippen molar-refractivity contribution in [3.8, 4) is 0 Å². The van der Waals surface area contributed by atoms with Crippen LogP contribution in [0.25, 0.3) is 0 Å². The predicted molar refractivity (Wildman–Crippen MR) is 98.2 cm³/mol. The van der Waals surface area contributed by atoms with Gasteiger partial charge in [-0.2, -0.15) is 0 Å². The van der Waals surface area contributed by atoms with Crippen molar-refractivity contribution in [3.05, 3.63) is 0 Å². The molecule has 3 rings (SSSR count). The molecule has 26 heavy (non-hydrogen) atoms. The molecule has 2 saturated heterocycles. The van der Waals surface area contributed by atoms with Crippen LogP contribution in [0.1, 0.15) is 59.3 Å². The first-order chi connectivity index (χ1) is 12.1. The zero-order valence-electron chi connectivity index (χ0n) is 16.2. The van der Waals surface area contributed by atoms with Crippen LogP contribution in [0.4, 0.5) is 4.79 Å². The van der Waals surface area contributed by atoms with Gasteiger partial charge in [0.05, 0.1) is 0 Å². The third kappa shape index (κ3) is 3.59. The number of carbonyl (C=O) groups excluding carboxylic acids is 3. The van der Waals surface area contributed by atoms with E-state index in [0.717, 1.165) is 30.6 Å². The fourth-order valence-corrected chi connectivity index (χ4v) is 4.52. The molecule has 1 aliphatic carbocycles. The Kier molecular flexibility index (Phi) is 5.03. The minimum atomic E-state index is -0.802. The van der Waals surface area contributed by atoms with Crippen molar-refractivity contribution in [2.24, 2.45) is 17.1 Å². The Morgan fingerprint density at radius 1 is 1.15 bits per heavy atom. The van der Waals surface area contributed by atoms with Crippen molar-refractivity contribution in [2.75, 3.05) is 19.6 Å². The molecule has 0 atom stereocenters. The van der Waals surface area contributed by atoms with Gasteiger partial charge in [0, 0.05) is 19.1 Å². The summed E-state index contributed by atoms with van der Waals surface area (Å²) in [5.41, 5.74) is 5.28. The average Bonchev–Trinajstić information content (AvgIpc) is 2.79. The molecule has 146 valence electrons. The molecule has 7 heteroatoms. The van der Waals surface area contributed by atoms with E-state index in [2.05, 4.69) is 26.1 Å². The SMILES string of the molecule is CC(C)(C)C1CCC2(CC1)NC(=O)N(CC(=O)N1CCC(N)CC1)C2=O. The van der Waals surface area contributed by atoms with E-state index in [1.807, 2.05) is 0 Å². The van der Waals surface area contributed by atoms with Crippen LogP contribution in [-0.4, -0.2) is 58.9 Å². The van der Waals surface area contributed by atoms with E-state index in [-0.39, 0.29) is 29.8 Å². The molecule has 3 fully saturated rings. The highest BCUT2D eigenvalue weighted by molar-refractivity contribution is 6.09. The molecule has 0 unspecified atom stereocenters. The van der Waals surface area contributed by atoms with E-state index in [9.17, 15) is 14.4 Å². The van der Waals surface area contributed by atoms with Crippen LogP contribution in [0.3, 0.4) is 0 Å². The van der Waals surface area contributed by atoms with Gasteiger partial charge in [-0.3, -0.25) is 14.5 Å². The number of likely N-dealkylation sites (tertiary alicyclic amines) is 1. The van der Waals surface area contributed by atoms with Crippen LogP contribution < -0.4 is 11.1 Å². The number of rotatable bonds is 2. The lowest BCUT2D eigenvalue weighted by Gasteiger charge is -2.40. The normalized spacial score (nSPS) is 30.8. The third-order valence-electron chi connectivity index (χ3n) is 6.50. The smallest absolute Gasteiger partial charge is 0.325 e. The number of hydrogen-bond donors (Lipinski definition) is 2. The second kappa shape index (κ2) is 6.83. The third-order valence-corrected chi connectivity index (χ3v) is 6.50. The number of nitrogens with zero attached hydrogens (tertiary/aromatic N) is 2. The van der Waals surface area contributed by atoms with E-state index < -0.39 is 11.6 Å². The van der Waals surface area contributed by atoms with Gasteiger partial charge in [0.25, 0.3) is 5.91 Å². The fourth-order valence-electron chi connectivity index (χ4n) is 4.52. The molecule has 3 N–H and O–H groups in total. The zero-order chi connectivity index (χ0) is 19.1. The second-order valence-corrected chi connectivity index (χ2v) is 9.26. The van der Waals surface area contributed by atoms with Crippen molar-refractivity contribution < 1.29 is 14.4 Å². The highest BCUT2D eigenvalue weighted by Gasteiger charge is 2.53. The monoisotopic (exact) mass is 364 g/mol. The van der Waals surface area contributed by atoms with Crippen molar-refractivity contribution >= 4 is 17.8 Å². The Balaban J connectivity index is 1.62. The quantitative estimate of drug-likeness (QED) is 0.725. The molecular weight excluding hydrogens is 332 g/mol. The van der Waals surface area contributed by atoms with E-state index in [0.29, 0.717) is 31.8 Å². The lowest BCUT2D eigenvalue weighted by atomic mass is 9.67. The molecule has 0 bridgehead atoms. The Bertz CT molecular complexity index is 582. The number of piperidine rings is 1. The van der Waals surface area contributed by atoms with Crippen molar-refractivity contribution in [1.29, 1.82) is 0 Å². The van der Waals surface area contributed by atoms with Gasteiger partial charge in [-0.1, -0.05) is 20.8 Å². The summed E-state index contributed by atoms with van der Waals surface area (Å²) in [6, 6.07) is -0.289. The second-order valence-electron chi connectivity index (χ2n) is 9.26. The Morgan fingerprint density at radius 3 is 2.27 bits per heavy atom. The molecule has 2 heterocycles. The van der Waals surface area contributed by atoms with E-state index >= 15 is 0 Å². The molecule has 0 aromatic rings. The van der Waals surface area contributed by atoms with Gasteiger partial charge in [-0.05, 0) is 49.9 Å². The number of urea groups is 1. The van der Waals surface area contributed by atoms with E-state index in [4.69, 9.17) is 5.73 Å². The summed E-state index contributed by atoms with van der Waals surface area (Å²) in [6.07, 6.45) is 4.68. The van der Waals surface area contributed by atoms with Crippen LogP contribution in [0.15, 0.2) is 0 Å². The van der Waals surface area contributed by atoms with Crippen LogP contribution in [0.5, 0.6) is 0 Å². The number of nitrogens with one attached hydrogen (secondary N) is 1. The maximum Gasteiger partial charge on any atom is 0.325 e. The molecule has 2 aliphatic heterocycles. The predicted octanol–water partition coefficient (Wildman–Crippen LogP) is 1.46. The molecule has 7 nitrogen and oxygen atoms in total. The van der Waals surface area contributed by atoms with Crippen LogP contribution in [-0.2, 0) is 9.59 Å². The van der Waals surface area contributed by atoms with Gasteiger partial charge in [-0.15, -0.1) is 0 Å². The number of amides is 4. The van der Waals surface area contributed by atoms with Gasteiger partial charge in [0.1, 0.15) is 12.1 Å².